The molecule has 0 saturated carbocycles. The lowest BCUT2D eigenvalue weighted by Gasteiger charge is -2.26. The minimum absolute atomic E-state index is 0.230. The van der Waals surface area contributed by atoms with E-state index in [1.807, 2.05) is 0 Å². The molecule has 0 aliphatic heterocycles. The summed E-state index contributed by atoms with van der Waals surface area (Å²) < 4.78 is 305. The van der Waals surface area contributed by atoms with E-state index in [9.17, 15) is 20.6 Å². The second-order valence-corrected chi connectivity index (χ2v) is 10.0. The largest absolute Gasteiger partial charge is 0.310 e. The van der Waals surface area contributed by atoms with Crippen LogP contribution in [0.25, 0.3) is 60.9 Å². The molecule has 236 valence electrons. The normalized spacial score (nSPS) is 20.7. The highest BCUT2D eigenvalue weighted by molar-refractivity contribution is 6.15. The molecule has 50 heavy (non-hydrogen) atoms. The van der Waals surface area contributed by atoms with Gasteiger partial charge in [-0.15, -0.1) is 0 Å². The first kappa shape index (κ1) is 10.7. The van der Waals surface area contributed by atoms with Gasteiger partial charge in [0, 0.05) is 33.5 Å². The van der Waals surface area contributed by atoms with Gasteiger partial charge in [-0.25, -0.2) is 0 Å². The molecule has 0 unspecified atom stereocenters. The van der Waals surface area contributed by atoms with Crippen LogP contribution in [0.1, 0.15) is 46.6 Å². The van der Waals surface area contributed by atoms with Gasteiger partial charge in [0.2, 0.25) is 0 Å². The monoisotopic (exact) mass is 672 g/mol. The summed E-state index contributed by atoms with van der Waals surface area (Å²) in [5, 5.41) is -1.50. The first-order valence-electron chi connectivity index (χ1n) is 31.3. The van der Waals surface area contributed by atoms with Crippen molar-refractivity contribution in [1.29, 1.82) is 0 Å². The number of benzene rings is 8. The molecule has 2 heteroatoms. The first-order chi connectivity index (χ1) is 39.0. The van der Waals surface area contributed by atoms with Crippen LogP contribution in [0, 0.1) is 0 Å². The Hall–Kier alpha value is -6.64. The second-order valence-electron chi connectivity index (χ2n) is 10.0. The smallest absolute Gasteiger partial charge is 0.0651 e. The number of anilines is 3. The van der Waals surface area contributed by atoms with Crippen LogP contribution >= 0.6 is 0 Å². The van der Waals surface area contributed by atoms with Crippen molar-refractivity contribution in [1.82, 2.24) is 4.57 Å². The fraction of sp³-hybridized carbons (Fsp3) is 0. The Balaban J connectivity index is 1.54. The minimum atomic E-state index is -1.38. The summed E-state index contributed by atoms with van der Waals surface area (Å²) in [7, 11) is 0. The molecular formula is C48H34N2. The fourth-order valence-electron chi connectivity index (χ4n) is 5.08. The molecule has 0 aliphatic rings. The Morgan fingerprint density at radius 2 is 0.840 bits per heavy atom. The van der Waals surface area contributed by atoms with Crippen LogP contribution in [0.4, 0.5) is 17.1 Å². The number of hydrogen-bond donors (Lipinski definition) is 0. The average molecular weight is 673 g/mol. The number of fused-ring (bicyclic) bond motifs is 3. The van der Waals surface area contributed by atoms with Gasteiger partial charge in [0.05, 0.1) is 57.6 Å². The third-order valence-electron chi connectivity index (χ3n) is 7.19. The van der Waals surface area contributed by atoms with Gasteiger partial charge in [-0.05, 0) is 93.8 Å². The highest BCUT2D eigenvalue weighted by Gasteiger charge is 2.18. The van der Waals surface area contributed by atoms with Gasteiger partial charge in [0.15, 0.2) is 0 Å². The van der Waals surface area contributed by atoms with Crippen LogP contribution in [0.15, 0.2) is 205 Å². The fourth-order valence-corrected chi connectivity index (χ4v) is 5.08. The maximum atomic E-state index is 10.1. The summed E-state index contributed by atoms with van der Waals surface area (Å²) in [5.41, 5.74) is -12.0. The van der Waals surface area contributed by atoms with E-state index in [4.69, 9.17) is 26.0 Å². The van der Waals surface area contributed by atoms with E-state index < -0.39 is 283 Å². The average Bonchev–Trinajstić information content (AvgIpc) is 1.46. The van der Waals surface area contributed by atoms with Gasteiger partial charge >= 0.3 is 0 Å². The van der Waals surface area contributed by atoms with Gasteiger partial charge in [0.25, 0.3) is 0 Å². The zero-order chi connectivity index (χ0) is 62.9. The van der Waals surface area contributed by atoms with Gasteiger partial charge < -0.3 is 9.47 Å². The third kappa shape index (κ3) is 5.34. The molecule has 2 nitrogen and oxygen atoms in total. The standard InChI is InChI=1S/C48H34N2/c1-4-14-35(15-5-1)37-26-30-41(31-27-37)49(42-32-28-38(29-33-42)36-16-6-2-7-17-36)43-21-12-18-39(34-43)44-23-13-25-47-48(44)45-22-10-11-24-46(45)50(47)40-19-8-3-9-20-40/h1-34H/i1D,2D,3D,4D,5D,6D,7D,8D,9D,10D,11D,12D,13D,14D,15D,16D,17D,18D,19D,20D,21D,22D,23D,24D,25D,26D,27D,28D,29D,30D,31D,32D,33D,34D. The molecule has 1 aromatic heterocycles. The van der Waals surface area contributed by atoms with Crippen molar-refractivity contribution in [2.75, 3.05) is 4.90 Å². The molecule has 0 bridgehead atoms. The predicted octanol–water partition coefficient (Wildman–Crippen LogP) is 13.3. The van der Waals surface area contributed by atoms with Crippen LogP contribution in [-0.2, 0) is 0 Å². The summed E-state index contributed by atoms with van der Waals surface area (Å²) in [6.07, 6.45) is 0. The molecule has 9 rings (SSSR count). The molecule has 0 atom stereocenters. The van der Waals surface area contributed by atoms with E-state index in [-0.39, 0.29) is 4.90 Å². The van der Waals surface area contributed by atoms with E-state index in [0.29, 0.717) is 4.57 Å². The maximum absolute atomic E-state index is 10.1. The topological polar surface area (TPSA) is 8.17 Å². The van der Waals surface area contributed by atoms with Crippen molar-refractivity contribution < 1.29 is 46.6 Å². The Kier molecular flexibility index (Phi) is 2.72. The lowest BCUT2D eigenvalue weighted by atomic mass is 9.98. The Bertz CT molecular complexity index is 4260. The predicted molar refractivity (Wildman–Crippen MR) is 212 cm³/mol. The van der Waals surface area contributed by atoms with E-state index in [1.165, 1.54) is 0 Å². The number of rotatable bonds is 7. The van der Waals surface area contributed by atoms with Crippen LogP contribution < -0.4 is 4.90 Å². The van der Waals surface area contributed by atoms with Crippen LogP contribution in [0.2, 0.25) is 0 Å². The molecule has 0 amide bonds. The van der Waals surface area contributed by atoms with Crippen molar-refractivity contribution in [3.05, 3.63) is 205 Å². The summed E-state index contributed by atoms with van der Waals surface area (Å²) in [6.45, 7) is 0. The molecule has 9 aromatic rings. The second kappa shape index (κ2) is 12.8. The summed E-state index contributed by atoms with van der Waals surface area (Å²) >= 11 is 0. The highest BCUT2D eigenvalue weighted by atomic mass is 15.1. The molecule has 0 aliphatic carbocycles. The van der Waals surface area contributed by atoms with Gasteiger partial charge in [-0.3, -0.25) is 0 Å². The Morgan fingerprint density at radius 3 is 1.46 bits per heavy atom. The van der Waals surface area contributed by atoms with E-state index in [0.717, 1.165) is 0 Å². The van der Waals surface area contributed by atoms with E-state index in [2.05, 4.69) is 0 Å². The van der Waals surface area contributed by atoms with Gasteiger partial charge in [0.1, 0.15) is 0 Å². The SMILES string of the molecule is [2H]c1c([2H])c([2H])c(-c2c([2H])c([2H])c(N(c3c([2H])c([2H])c(-c4c([2H])c([2H])c([2H])c([2H])c4[2H])c([2H])c3[2H])c3c([2H])c([2H])c([2H])c(-c4c([2H])c([2H])c([2H])c5c4c4c([2H])c([2H])c([2H])c([2H])c4n5-c4c([2H])c([2H])c([2H])c([2H])c4[2H])c3[2H])c([2H])c2[2H])c([2H])c1[2H]. The van der Waals surface area contributed by atoms with Crippen LogP contribution in [0.3, 0.4) is 0 Å². The Morgan fingerprint density at radius 1 is 0.360 bits per heavy atom. The van der Waals surface area contributed by atoms with Crippen molar-refractivity contribution in [2.45, 2.75) is 0 Å². The van der Waals surface area contributed by atoms with Crippen molar-refractivity contribution in [3.63, 3.8) is 0 Å². The van der Waals surface area contributed by atoms with Gasteiger partial charge in [-0.2, -0.15) is 0 Å². The maximum Gasteiger partial charge on any atom is 0.0651 e. The van der Waals surface area contributed by atoms with E-state index >= 15 is 0 Å². The summed E-state index contributed by atoms with van der Waals surface area (Å²) in [6, 6.07) is -37.8. The van der Waals surface area contributed by atoms with Crippen molar-refractivity contribution >= 4 is 38.9 Å². The first-order valence-corrected chi connectivity index (χ1v) is 14.3. The minimum Gasteiger partial charge on any atom is -0.310 e. The number of hydrogen-bond acceptors (Lipinski definition) is 1. The molecule has 8 aromatic carbocycles. The zero-order valence-electron chi connectivity index (χ0n) is 58.9. The van der Waals surface area contributed by atoms with E-state index in [1.54, 1.807) is 0 Å². The summed E-state index contributed by atoms with van der Waals surface area (Å²) in [5.74, 6) is 0. The molecule has 1 heterocycles. The van der Waals surface area contributed by atoms with Crippen molar-refractivity contribution in [3.8, 4) is 39.1 Å². The number of aromatic nitrogens is 1. The molecule has 0 saturated heterocycles. The lowest BCUT2D eigenvalue weighted by molar-refractivity contribution is 1.18. The summed E-state index contributed by atoms with van der Waals surface area (Å²) in [4.78, 5) is 0.230. The number of nitrogens with zero attached hydrogens (tertiary/aromatic N) is 2. The lowest BCUT2D eigenvalue weighted by Crippen LogP contribution is -2.10. The molecule has 0 spiro atoms. The van der Waals surface area contributed by atoms with Gasteiger partial charge in [-0.1, -0.05) is 145 Å². The molecule has 0 fully saturated rings. The third-order valence-corrected chi connectivity index (χ3v) is 7.19. The van der Waals surface area contributed by atoms with Crippen LogP contribution in [-0.4, -0.2) is 4.57 Å². The quantitative estimate of drug-likeness (QED) is 0.164. The number of para-hydroxylation sites is 2. The highest BCUT2D eigenvalue weighted by Crippen LogP contribution is 2.42. The van der Waals surface area contributed by atoms with Crippen molar-refractivity contribution in [2.24, 2.45) is 0 Å². The van der Waals surface area contributed by atoms with Crippen LogP contribution in [0.5, 0.6) is 0 Å². The molecule has 0 N–H and O–H groups in total. The molecular weight excluding hydrogens is 605 g/mol. The molecule has 0 radical (unpaired) electrons. The Labute approximate surface area is 340 Å². The zero-order valence-corrected chi connectivity index (χ0v) is 24.9.